The highest BCUT2D eigenvalue weighted by atomic mass is 16.6. The molecule has 98 valence electrons. The average Bonchev–Trinajstić information content (AvgIpc) is 2.26. The smallest absolute Gasteiger partial charge is 0.274 e. The molecule has 1 aromatic rings. The molecule has 0 saturated heterocycles. The van der Waals surface area contributed by atoms with Crippen molar-refractivity contribution in [2.24, 2.45) is 0 Å². The Morgan fingerprint density at radius 3 is 2.67 bits per heavy atom. The van der Waals surface area contributed by atoms with Crippen molar-refractivity contribution in [2.75, 3.05) is 11.9 Å². The van der Waals surface area contributed by atoms with Crippen molar-refractivity contribution in [3.63, 3.8) is 0 Å². The molecule has 0 bridgehead atoms. The van der Waals surface area contributed by atoms with E-state index in [0.29, 0.717) is 11.3 Å². The third-order valence-electron chi connectivity index (χ3n) is 2.39. The van der Waals surface area contributed by atoms with E-state index in [1.165, 1.54) is 6.07 Å². The number of rotatable bonds is 5. The molecule has 0 heterocycles. The van der Waals surface area contributed by atoms with E-state index in [-0.39, 0.29) is 24.2 Å². The van der Waals surface area contributed by atoms with Gasteiger partial charge in [-0.3, -0.25) is 14.9 Å². The van der Waals surface area contributed by atoms with Crippen molar-refractivity contribution < 1.29 is 9.72 Å². The Morgan fingerprint density at radius 1 is 1.44 bits per heavy atom. The molecule has 0 spiro atoms. The largest absolute Gasteiger partial charge is 0.376 e. The minimum Gasteiger partial charge on any atom is -0.376 e. The molecule has 0 radical (unpaired) electrons. The van der Waals surface area contributed by atoms with Gasteiger partial charge in [-0.1, -0.05) is 6.07 Å². The van der Waals surface area contributed by atoms with Gasteiger partial charge in [0.1, 0.15) is 0 Å². The van der Waals surface area contributed by atoms with Crippen molar-refractivity contribution in [1.29, 1.82) is 0 Å². The Morgan fingerprint density at radius 2 is 2.11 bits per heavy atom. The van der Waals surface area contributed by atoms with Crippen molar-refractivity contribution in [3.8, 4) is 0 Å². The number of carbonyl (C=O) groups excluding carboxylic acids is 1. The first-order chi connectivity index (χ1) is 8.41. The molecule has 1 amide bonds. The van der Waals surface area contributed by atoms with Crippen molar-refractivity contribution >= 4 is 17.3 Å². The Bertz CT molecular complexity index is 458. The van der Waals surface area contributed by atoms with Crippen LogP contribution >= 0.6 is 0 Å². The lowest BCUT2D eigenvalue weighted by Gasteiger charge is -2.11. The first kappa shape index (κ1) is 14.0. The second-order valence-corrected chi connectivity index (χ2v) is 4.28. The van der Waals surface area contributed by atoms with Gasteiger partial charge in [-0.05, 0) is 26.8 Å². The van der Waals surface area contributed by atoms with E-state index in [2.05, 4.69) is 10.6 Å². The summed E-state index contributed by atoms with van der Waals surface area (Å²) in [6.45, 7) is 5.49. The zero-order chi connectivity index (χ0) is 13.7. The van der Waals surface area contributed by atoms with Crippen molar-refractivity contribution in [3.05, 3.63) is 33.9 Å². The van der Waals surface area contributed by atoms with Crippen molar-refractivity contribution in [2.45, 2.75) is 26.8 Å². The minimum atomic E-state index is -0.436. The summed E-state index contributed by atoms with van der Waals surface area (Å²) in [5.74, 6) is -0.143. The lowest BCUT2D eigenvalue weighted by atomic mass is 10.1. The number of hydrogen-bond acceptors (Lipinski definition) is 4. The first-order valence-electron chi connectivity index (χ1n) is 5.69. The molecular formula is C12H17N3O3. The van der Waals surface area contributed by atoms with Gasteiger partial charge >= 0.3 is 0 Å². The van der Waals surface area contributed by atoms with E-state index in [4.69, 9.17) is 0 Å². The number of nitrogens with one attached hydrogen (secondary N) is 2. The number of hydrogen-bond donors (Lipinski definition) is 2. The van der Waals surface area contributed by atoms with Gasteiger partial charge < -0.3 is 10.6 Å². The Balaban J connectivity index is 2.71. The number of carbonyl (C=O) groups is 1. The summed E-state index contributed by atoms with van der Waals surface area (Å²) >= 11 is 0. The monoisotopic (exact) mass is 251 g/mol. The summed E-state index contributed by atoms with van der Waals surface area (Å²) in [4.78, 5) is 21.8. The number of nitrogens with zero attached hydrogens (tertiary/aromatic N) is 1. The maximum Gasteiger partial charge on any atom is 0.274 e. The second-order valence-electron chi connectivity index (χ2n) is 4.28. The normalized spacial score (nSPS) is 10.2. The summed E-state index contributed by atoms with van der Waals surface area (Å²) in [5.41, 5.74) is 1.17. The van der Waals surface area contributed by atoms with Gasteiger partial charge in [0.25, 0.3) is 5.69 Å². The fourth-order valence-electron chi connectivity index (χ4n) is 1.56. The predicted octanol–water partition coefficient (Wildman–Crippen LogP) is 1.84. The van der Waals surface area contributed by atoms with Crippen LogP contribution in [0.4, 0.5) is 11.4 Å². The quantitative estimate of drug-likeness (QED) is 0.617. The fraction of sp³-hybridized carbons (Fsp3) is 0.417. The number of nitro groups is 1. The highest BCUT2D eigenvalue weighted by molar-refractivity contribution is 5.81. The van der Waals surface area contributed by atoms with Crippen LogP contribution in [0.15, 0.2) is 18.2 Å². The fourth-order valence-corrected chi connectivity index (χ4v) is 1.56. The average molecular weight is 251 g/mol. The van der Waals surface area contributed by atoms with Gasteiger partial charge in [-0.15, -0.1) is 0 Å². The summed E-state index contributed by atoms with van der Waals surface area (Å²) in [6, 6.07) is 4.82. The third kappa shape index (κ3) is 3.73. The molecule has 6 heteroatoms. The molecule has 1 aromatic carbocycles. The van der Waals surface area contributed by atoms with Crippen LogP contribution in [0.2, 0.25) is 0 Å². The maximum atomic E-state index is 11.4. The molecule has 0 atom stereocenters. The van der Waals surface area contributed by atoms with E-state index in [1.54, 1.807) is 19.1 Å². The van der Waals surface area contributed by atoms with Gasteiger partial charge in [-0.25, -0.2) is 0 Å². The third-order valence-corrected chi connectivity index (χ3v) is 2.39. The standard InChI is InChI=1S/C12H17N3O3/c1-8(2)14-12(16)7-13-10-5-4-6-11(9(10)3)15(17)18/h4-6,8,13H,7H2,1-3H3,(H,14,16). The molecule has 0 aliphatic carbocycles. The van der Waals surface area contributed by atoms with Gasteiger partial charge in [0.05, 0.1) is 11.5 Å². The molecule has 0 aliphatic rings. The van der Waals surface area contributed by atoms with E-state index in [9.17, 15) is 14.9 Å². The summed E-state index contributed by atoms with van der Waals surface area (Å²) in [5, 5.41) is 16.4. The van der Waals surface area contributed by atoms with Crippen LogP contribution in [0.5, 0.6) is 0 Å². The van der Waals surface area contributed by atoms with E-state index < -0.39 is 4.92 Å². The molecule has 18 heavy (non-hydrogen) atoms. The summed E-state index contributed by atoms with van der Waals surface area (Å²) < 4.78 is 0. The number of amides is 1. The number of nitro benzene ring substituents is 1. The molecule has 0 unspecified atom stereocenters. The highest BCUT2D eigenvalue weighted by Gasteiger charge is 2.13. The van der Waals surface area contributed by atoms with Crippen LogP contribution in [0.3, 0.4) is 0 Å². The van der Waals surface area contributed by atoms with Crippen LogP contribution in [0, 0.1) is 17.0 Å². The predicted molar refractivity (Wildman–Crippen MR) is 69.6 cm³/mol. The number of anilines is 1. The zero-order valence-electron chi connectivity index (χ0n) is 10.7. The summed E-state index contributed by atoms with van der Waals surface area (Å²) in [6.07, 6.45) is 0. The maximum absolute atomic E-state index is 11.4. The molecule has 6 nitrogen and oxygen atoms in total. The van der Waals surface area contributed by atoms with Gasteiger partial charge in [0.15, 0.2) is 0 Å². The molecule has 2 N–H and O–H groups in total. The lowest BCUT2D eigenvalue weighted by molar-refractivity contribution is -0.385. The summed E-state index contributed by atoms with van der Waals surface area (Å²) in [7, 11) is 0. The SMILES string of the molecule is Cc1c(NCC(=O)NC(C)C)cccc1[N+](=O)[O-]. The topological polar surface area (TPSA) is 84.3 Å². The molecule has 0 saturated carbocycles. The lowest BCUT2D eigenvalue weighted by Crippen LogP contribution is -2.34. The Hall–Kier alpha value is -2.11. The van der Waals surface area contributed by atoms with Crippen LogP contribution in [-0.2, 0) is 4.79 Å². The Kier molecular flexibility index (Phi) is 4.65. The van der Waals surface area contributed by atoms with E-state index in [1.807, 2.05) is 13.8 Å². The molecular weight excluding hydrogens is 234 g/mol. The Labute approximate surface area is 106 Å². The molecule has 1 rings (SSSR count). The van der Waals surface area contributed by atoms with Crippen LogP contribution in [-0.4, -0.2) is 23.4 Å². The molecule has 0 aliphatic heterocycles. The van der Waals surface area contributed by atoms with Gasteiger partial charge in [0.2, 0.25) is 5.91 Å². The van der Waals surface area contributed by atoms with Gasteiger partial charge in [0, 0.05) is 23.4 Å². The first-order valence-corrected chi connectivity index (χ1v) is 5.69. The van der Waals surface area contributed by atoms with Gasteiger partial charge in [-0.2, -0.15) is 0 Å². The molecule has 0 aromatic heterocycles. The second kappa shape index (κ2) is 6.00. The van der Waals surface area contributed by atoms with Crippen LogP contribution < -0.4 is 10.6 Å². The van der Waals surface area contributed by atoms with E-state index >= 15 is 0 Å². The molecule has 0 fully saturated rings. The van der Waals surface area contributed by atoms with Crippen LogP contribution in [0.1, 0.15) is 19.4 Å². The van der Waals surface area contributed by atoms with Crippen molar-refractivity contribution in [1.82, 2.24) is 5.32 Å². The van der Waals surface area contributed by atoms with E-state index in [0.717, 1.165) is 0 Å². The minimum absolute atomic E-state index is 0.0456. The zero-order valence-corrected chi connectivity index (χ0v) is 10.7. The van der Waals surface area contributed by atoms with Crippen LogP contribution in [0.25, 0.3) is 0 Å². The highest BCUT2D eigenvalue weighted by Crippen LogP contribution is 2.24. The number of benzene rings is 1.